The molecule has 182 valence electrons. The lowest BCUT2D eigenvalue weighted by molar-refractivity contribution is -0.135. The van der Waals surface area contributed by atoms with Crippen LogP contribution in [0, 0.1) is 0 Å². The summed E-state index contributed by atoms with van der Waals surface area (Å²) >= 11 is 0. The summed E-state index contributed by atoms with van der Waals surface area (Å²) in [5.41, 5.74) is 2.37. The van der Waals surface area contributed by atoms with Crippen molar-refractivity contribution in [2.45, 2.75) is 12.3 Å². The normalized spacial score (nSPS) is 18.8. The summed E-state index contributed by atoms with van der Waals surface area (Å²) in [6.45, 7) is 0.940. The van der Waals surface area contributed by atoms with Crippen molar-refractivity contribution in [3.63, 3.8) is 0 Å². The number of carbonyl (C=O) groups is 2. The molecule has 1 aromatic heterocycles. The Morgan fingerprint density at radius 2 is 1.65 bits per heavy atom. The molecule has 0 saturated heterocycles. The Balaban J connectivity index is 1.33. The van der Waals surface area contributed by atoms with Gasteiger partial charge in [0.15, 0.2) is 17.3 Å². The monoisotopic (exact) mass is 493 g/mol. The smallest absolute Gasteiger partial charge is 0.312 e. The Labute approximate surface area is 210 Å². The highest BCUT2D eigenvalue weighted by molar-refractivity contribution is 6.15. The van der Waals surface area contributed by atoms with Crippen LogP contribution >= 0.6 is 0 Å². The predicted molar refractivity (Wildman–Crippen MR) is 133 cm³/mol. The number of carbonyl (C=O) groups excluding carboxylic acids is 2. The summed E-state index contributed by atoms with van der Waals surface area (Å²) in [5.74, 6) is 0.566. The number of esters is 1. The second kappa shape index (κ2) is 8.09. The summed E-state index contributed by atoms with van der Waals surface area (Å²) in [5, 5.41) is 0.835. The van der Waals surface area contributed by atoms with Crippen LogP contribution in [0.25, 0.3) is 17.0 Å². The van der Waals surface area contributed by atoms with Gasteiger partial charge in [-0.2, -0.15) is 0 Å². The molecule has 8 nitrogen and oxygen atoms in total. The zero-order valence-electron chi connectivity index (χ0n) is 19.4. The Hall–Kier alpha value is -4.85. The molecular formula is C29H19NO7. The van der Waals surface area contributed by atoms with E-state index in [1.54, 1.807) is 36.4 Å². The van der Waals surface area contributed by atoms with Gasteiger partial charge in [-0.1, -0.05) is 24.3 Å². The fraction of sp³-hybridized carbons (Fsp3) is 0.138. The minimum absolute atomic E-state index is 0.0520. The van der Waals surface area contributed by atoms with E-state index in [2.05, 4.69) is 4.98 Å². The van der Waals surface area contributed by atoms with Gasteiger partial charge in [-0.25, -0.2) is 0 Å². The molecular weight excluding hydrogens is 474 g/mol. The molecule has 37 heavy (non-hydrogen) atoms. The molecule has 0 aliphatic carbocycles. The molecule has 0 fully saturated rings. The van der Waals surface area contributed by atoms with Crippen LogP contribution in [-0.2, 0) is 4.79 Å². The molecule has 0 bridgehead atoms. The third-order valence-corrected chi connectivity index (χ3v) is 6.80. The van der Waals surface area contributed by atoms with Gasteiger partial charge in [-0.05, 0) is 53.4 Å². The maximum Gasteiger partial charge on any atom is 0.312 e. The molecule has 3 aromatic carbocycles. The van der Waals surface area contributed by atoms with Gasteiger partial charge < -0.3 is 23.9 Å². The Bertz CT molecular complexity index is 1730. The number of rotatable bonds is 2. The molecule has 8 heteroatoms. The highest BCUT2D eigenvalue weighted by Gasteiger charge is 2.39. The van der Waals surface area contributed by atoms with Gasteiger partial charge in [0, 0.05) is 22.6 Å². The van der Waals surface area contributed by atoms with E-state index >= 15 is 0 Å². The van der Waals surface area contributed by atoms with E-state index in [-0.39, 0.29) is 29.3 Å². The van der Waals surface area contributed by atoms with Crippen molar-refractivity contribution in [2.24, 2.45) is 0 Å². The van der Waals surface area contributed by atoms with Gasteiger partial charge in [0.05, 0.1) is 12.0 Å². The highest BCUT2D eigenvalue weighted by Crippen LogP contribution is 2.48. The first-order chi connectivity index (χ1) is 18.0. The first kappa shape index (κ1) is 21.4. The lowest BCUT2D eigenvalue weighted by Crippen LogP contribution is -2.26. The van der Waals surface area contributed by atoms with Crippen LogP contribution in [0.3, 0.4) is 0 Å². The number of para-hydroxylation sites is 1. The molecule has 0 unspecified atom stereocenters. The number of aromatic amines is 1. The van der Waals surface area contributed by atoms with Crippen LogP contribution in [0.4, 0.5) is 0 Å². The maximum absolute atomic E-state index is 13.3. The van der Waals surface area contributed by atoms with Crippen LogP contribution in [-0.4, -0.2) is 30.0 Å². The van der Waals surface area contributed by atoms with Crippen LogP contribution in [0.1, 0.15) is 39.4 Å². The molecule has 0 saturated carbocycles. The van der Waals surface area contributed by atoms with E-state index < -0.39 is 11.9 Å². The lowest BCUT2D eigenvalue weighted by atomic mass is 9.85. The number of Topliss-reactive ketones (excluding diaryl/α,β-unsaturated/α-hetero) is 1. The molecule has 7 rings (SSSR count). The van der Waals surface area contributed by atoms with E-state index in [9.17, 15) is 14.4 Å². The Morgan fingerprint density at radius 1 is 0.838 bits per heavy atom. The number of H-pyrrole nitrogens is 1. The molecule has 4 aromatic rings. The zero-order valence-corrected chi connectivity index (χ0v) is 19.4. The fourth-order valence-corrected chi connectivity index (χ4v) is 5.10. The topological polar surface area (TPSA) is 104 Å². The van der Waals surface area contributed by atoms with Crippen LogP contribution in [0.15, 0.2) is 71.2 Å². The van der Waals surface area contributed by atoms with E-state index in [0.717, 1.165) is 5.39 Å². The summed E-state index contributed by atoms with van der Waals surface area (Å²) in [6, 6.07) is 17.8. The van der Waals surface area contributed by atoms with Crippen LogP contribution in [0.5, 0.6) is 23.0 Å². The second-order valence-electron chi connectivity index (χ2n) is 9.07. The summed E-state index contributed by atoms with van der Waals surface area (Å²) in [6.07, 6.45) is 1.59. The molecule has 1 atom stereocenters. The number of hydrogen-bond acceptors (Lipinski definition) is 7. The summed E-state index contributed by atoms with van der Waals surface area (Å²) < 4.78 is 22.8. The molecule has 0 amide bonds. The standard InChI is InChI=1S/C29H19NO7/c31-25-14-18(19-13-16-3-1-2-4-20(16)30-29(19)33)26-22(36-25)8-6-17-27(32)24(37-28(17)26)12-15-5-7-21-23(11-15)35-10-9-34-21/h1-8,11-13,18H,9-10,14H2,(H,30,33)/b24-12-/t18-/m1/s1. The van der Waals surface area contributed by atoms with E-state index in [4.69, 9.17) is 18.9 Å². The number of ether oxygens (including phenoxy) is 4. The molecule has 3 aliphatic heterocycles. The fourth-order valence-electron chi connectivity index (χ4n) is 5.10. The van der Waals surface area contributed by atoms with Gasteiger partial charge >= 0.3 is 5.97 Å². The first-order valence-electron chi connectivity index (χ1n) is 11.9. The van der Waals surface area contributed by atoms with E-state index in [1.165, 1.54) is 0 Å². The molecule has 4 heterocycles. The third-order valence-electron chi connectivity index (χ3n) is 6.80. The molecule has 0 radical (unpaired) electrons. The van der Waals surface area contributed by atoms with Crippen molar-refractivity contribution in [3.8, 4) is 23.0 Å². The molecule has 3 aliphatic rings. The minimum Gasteiger partial charge on any atom is -0.486 e. The lowest BCUT2D eigenvalue weighted by Gasteiger charge is -2.26. The average Bonchev–Trinajstić information content (AvgIpc) is 3.22. The summed E-state index contributed by atoms with van der Waals surface area (Å²) in [4.78, 5) is 41.8. The summed E-state index contributed by atoms with van der Waals surface area (Å²) in [7, 11) is 0. The van der Waals surface area contributed by atoms with Crippen LogP contribution < -0.4 is 24.5 Å². The molecule has 0 spiro atoms. The number of aromatic nitrogens is 1. The van der Waals surface area contributed by atoms with Crippen molar-refractivity contribution < 1.29 is 28.5 Å². The number of nitrogens with one attached hydrogen (secondary N) is 1. The van der Waals surface area contributed by atoms with E-state index in [0.29, 0.717) is 58.2 Å². The van der Waals surface area contributed by atoms with Gasteiger partial charge in [0.25, 0.3) is 5.56 Å². The number of ketones is 1. The van der Waals surface area contributed by atoms with E-state index in [1.807, 2.05) is 30.3 Å². The number of pyridine rings is 1. The molecule has 1 N–H and O–H groups in total. The second-order valence-corrected chi connectivity index (χ2v) is 9.07. The number of benzene rings is 3. The Morgan fingerprint density at radius 3 is 2.54 bits per heavy atom. The van der Waals surface area contributed by atoms with Crippen molar-refractivity contribution in [1.29, 1.82) is 0 Å². The zero-order chi connectivity index (χ0) is 25.1. The maximum atomic E-state index is 13.3. The third kappa shape index (κ3) is 3.48. The Kier molecular flexibility index (Phi) is 4.69. The highest BCUT2D eigenvalue weighted by atomic mass is 16.6. The average molecular weight is 493 g/mol. The van der Waals surface area contributed by atoms with Crippen molar-refractivity contribution in [3.05, 3.63) is 99.0 Å². The number of fused-ring (bicyclic) bond motifs is 5. The van der Waals surface area contributed by atoms with Crippen molar-refractivity contribution in [1.82, 2.24) is 4.98 Å². The minimum atomic E-state index is -0.638. The van der Waals surface area contributed by atoms with Gasteiger partial charge in [0.1, 0.15) is 24.7 Å². The predicted octanol–water partition coefficient (Wildman–Crippen LogP) is 4.36. The van der Waals surface area contributed by atoms with Gasteiger partial charge in [-0.3, -0.25) is 14.4 Å². The van der Waals surface area contributed by atoms with Crippen LogP contribution in [0.2, 0.25) is 0 Å². The SMILES string of the molecule is O=C1C[C@H](c2cc3ccccc3[nH]c2=O)c2c(ccc3c2O/C(=C\c2ccc4c(c2)OCCO4)C3=O)O1. The largest absolute Gasteiger partial charge is 0.486 e. The van der Waals surface area contributed by atoms with Gasteiger partial charge in [0.2, 0.25) is 5.78 Å². The number of allylic oxidation sites excluding steroid dienone is 1. The van der Waals surface area contributed by atoms with Crippen molar-refractivity contribution >= 4 is 28.7 Å². The number of hydrogen-bond donors (Lipinski definition) is 1. The van der Waals surface area contributed by atoms with Crippen molar-refractivity contribution in [2.75, 3.05) is 13.2 Å². The quantitative estimate of drug-likeness (QED) is 0.251. The van der Waals surface area contributed by atoms with Gasteiger partial charge in [-0.15, -0.1) is 0 Å². The first-order valence-corrected chi connectivity index (χ1v) is 11.9.